The molecule has 0 spiro atoms. The number of nitrogens with one attached hydrogen (secondary N) is 1. The van der Waals surface area contributed by atoms with Crippen molar-refractivity contribution in [1.29, 1.82) is 0 Å². The summed E-state index contributed by atoms with van der Waals surface area (Å²) in [4.78, 5) is 16.2. The number of aromatic hydroxyl groups is 1. The smallest absolute Gasteiger partial charge is 0.261 e. The Hall–Kier alpha value is -2.37. The minimum Gasteiger partial charge on any atom is -0.507 e. The third-order valence-electron chi connectivity index (χ3n) is 3.89. The van der Waals surface area contributed by atoms with Gasteiger partial charge in [0.05, 0.1) is 12.0 Å². The van der Waals surface area contributed by atoms with Gasteiger partial charge in [0.25, 0.3) is 5.89 Å². The van der Waals surface area contributed by atoms with Crippen LogP contribution in [0.25, 0.3) is 11.5 Å². The van der Waals surface area contributed by atoms with Crippen molar-refractivity contribution in [2.75, 3.05) is 0 Å². The summed E-state index contributed by atoms with van der Waals surface area (Å²) in [7, 11) is 0. The van der Waals surface area contributed by atoms with Crippen molar-refractivity contribution in [1.82, 2.24) is 15.5 Å². The van der Waals surface area contributed by atoms with E-state index < -0.39 is 0 Å². The normalized spacial score (nSPS) is 15.6. The molecule has 116 valence electrons. The molecule has 1 aliphatic carbocycles. The van der Waals surface area contributed by atoms with Crippen LogP contribution in [-0.4, -0.2) is 27.2 Å². The number of amides is 1. The number of phenolic OH excluding ortho intramolecular Hbond substituents is 1. The van der Waals surface area contributed by atoms with Crippen molar-refractivity contribution in [3.05, 3.63) is 30.1 Å². The number of benzene rings is 1. The highest BCUT2D eigenvalue weighted by Crippen LogP contribution is 2.26. The molecule has 2 N–H and O–H groups in total. The molecule has 0 radical (unpaired) electrons. The highest BCUT2D eigenvalue weighted by Gasteiger charge is 2.18. The first-order valence-corrected chi connectivity index (χ1v) is 7.62. The summed E-state index contributed by atoms with van der Waals surface area (Å²) in [6.45, 7) is 0. The van der Waals surface area contributed by atoms with Gasteiger partial charge in [0.1, 0.15) is 5.75 Å². The highest BCUT2D eigenvalue weighted by atomic mass is 16.5. The number of carbonyl (C=O) groups excluding carboxylic acids is 1. The molecule has 0 saturated heterocycles. The van der Waals surface area contributed by atoms with Gasteiger partial charge in [-0.05, 0) is 25.0 Å². The molecule has 1 saturated carbocycles. The Kier molecular flexibility index (Phi) is 4.37. The second-order valence-electron chi connectivity index (χ2n) is 5.61. The molecule has 2 aromatic rings. The predicted molar refractivity (Wildman–Crippen MR) is 80.1 cm³/mol. The largest absolute Gasteiger partial charge is 0.507 e. The van der Waals surface area contributed by atoms with E-state index in [4.69, 9.17) is 4.52 Å². The van der Waals surface area contributed by atoms with E-state index in [1.54, 1.807) is 24.3 Å². The van der Waals surface area contributed by atoms with E-state index in [0.717, 1.165) is 12.8 Å². The molecule has 1 aromatic heterocycles. The molecule has 1 heterocycles. The van der Waals surface area contributed by atoms with Crippen LogP contribution in [0.3, 0.4) is 0 Å². The van der Waals surface area contributed by atoms with E-state index in [1.807, 2.05) is 0 Å². The zero-order valence-corrected chi connectivity index (χ0v) is 12.3. The molecular weight excluding hydrogens is 282 g/mol. The van der Waals surface area contributed by atoms with Crippen LogP contribution < -0.4 is 5.32 Å². The third-order valence-corrected chi connectivity index (χ3v) is 3.89. The number of phenols is 1. The summed E-state index contributed by atoms with van der Waals surface area (Å²) in [5.74, 6) is 0.533. The average molecular weight is 301 g/mol. The number of hydrogen-bond donors (Lipinski definition) is 2. The van der Waals surface area contributed by atoms with E-state index in [0.29, 0.717) is 11.4 Å². The molecule has 1 amide bonds. The SMILES string of the molecule is O=C(Cc1noc(-c2ccccc2O)n1)NC1CCCCC1. The molecule has 1 aromatic carbocycles. The van der Waals surface area contributed by atoms with Gasteiger partial charge < -0.3 is 14.9 Å². The number of hydrogen-bond acceptors (Lipinski definition) is 5. The molecule has 0 atom stereocenters. The summed E-state index contributed by atoms with van der Waals surface area (Å²) in [5, 5.41) is 16.6. The summed E-state index contributed by atoms with van der Waals surface area (Å²) < 4.78 is 5.12. The van der Waals surface area contributed by atoms with Crippen molar-refractivity contribution in [3.8, 4) is 17.2 Å². The summed E-state index contributed by atoms with van der Waals surface area (Å²) in [6, 6.07) is 7.00. The molecule has 6 nitrogen and oxygen atoms in total. The first kappa shape index (κ1) is 14.6. The van der Waals surface area contributed by atoms with Gasteiger partial charge in [0.15, 0.2) is 5.82 Å². The predicted octanol–water partition coefficient (Wildman–Crippen LogP) is 2.43. The molecule has 6 heteroatoms. The first-order valence-electron chi connectivity index (χ1n) is 7.62. The van der Waals surface area contributed by atoms with Crippen LogP contribution in [0.1, 0.15) is 37.9 Å². The van der Waals surface area contributed by atoms with E-state index in [2.05, 4.69) is 15.5 Å². The van der Waals surface area contributed by atoms with Gasteiger partial charge in [-0.1, -0.05) is 36.6 Å². The van der Waals surface area contributed by atoms with Gasteiger partial charge >= 0.3 is 0 Å². The zero-order valence-electron chi connectivity index (χ0n) is 12.3. The monoisotopic (exact) mass is 301 g/mol. The minimum atomic E-state index is -0.0865. The molecule has 22 heavy (non-hydrogen) atoms. The summed E-state index contributed by atoms with van der Waals surface area (Å²) >= 11 is 0. The van der Waals surface area contributed by atoms with Crippen LogP contribution in [-0.2, 0) is 11.2 Å². The number of aromatic nitrogens is 2. The summed E-state index contributed by atoms with van der Waals surface area (Å²) in [5.41, 5.74) is 0.467. The van der Waals surface area contributed by atoms with E-state index in [1.165, 1.54) is 19.3 Å². The molecule has 1 fully saturated rings. The van der Waals surface area contributed by atoms with E-state index >= 15 is 0 Å². The number of para-hydroxylation sites is 1. The Balaban J connectivity index is 1.62. The number of carbonyl (C=O) groups is 1. The van der Waals surface area contributed by atoms with Gasteiger partial charge in [-0.15, -0.1) is 0 Å². The first-order chi connectivity index (χ1) is 10.7. The lowest BCUT2D eigenvalue weighted by atomic mass is 9.95. The second kappa shape index (κ2) is 6.60. The van der Waals surface area contributed by atoms with Crippen LogP contribution in [0.5, 0.6) is 5.75 Å². The second-order valence-corrected chi connectivity index (χ2v) is 5.61. The van der Waals surface area contributed by atoms with Crippen molar-refractivity contribution >= 4 is 5.91 Å². The topological polar surface area (TPSA) is 88.2 Å². The van der Waals surface area contributed by atoms with E-state index in [-0.39, 0.29) is 30.0 Å². The van der Waals surface area contributed by atoms with Crippen LogP contribution >= 0.6 is 0 Å². The van der Waals surface area contributed by atoms with Crippen LogP contribution in [0, 0.1) is 0 Å². The van der Waals surface area contributed by atoms with Gasteiger partial charge in [-0.25, -0.2) is 0 Å². The lowest BCUT2D eigenvalue weighted by molar-refractivity contribution is -0.121. The van der Waals surface area contributed by atoms with Gasteiger partial charge in [-0.2, -0.15) is 4.98 Å². The molecule has 0 aliphatic heterocycles. The van der Waals surface area contributed by atoms with Crippen molar-refractivity contribution in [2.45, 2.75) is 44.6 Å². The third kappa shape index (κ3) is 3.44. The van der Waals surface area contributed by atoms with E-state index in [9.17, 15) is 9.90 Å². The van der Waals surface area contributed by atoms with Gasteiger partial charge in [-0.3, -0.25) is 4.79 Å². The Morgan fingerprint density at radius 3 is 2.82 bits per heavy atom. The Morgan fingerprint density at radius 2 is 2.05 bits per heavy atom. The van der Waals surface area contributed by atoms with Crippen LogP contribution in [0.2, 0.25) is 0 Å². The lowest BCUT2D eigenvalue weighted by Gasteiger charge is -2.22. The average Bonchev–Trinajstić information content (AvgIpc) is 2.97. The van der Waals surface area contributed by atoms with Gasteiger partial charge in [0.2, 0.25) is 5.91 Å². The standard InChI is InChI=1S/C16H19N3O3/c20-13-9-5-4-8-12(13)16-18-14(19-22-16)10-15(21)17-11-6-2-1-3-7-11/h4-5,8-9,11,20H,1-3,6-7,10H2,(H,17,21). The maximum Gasteiger partial charge on any atom is 0.261 e. The fraction of sp³-hybridized carbons (Fsp3) is 0.438. The fourth-order valence-corrected chi connectivity index (χ4v) is 2.76. The summed E-state index contributed by atoms with van der Waals surface area (Å²) in [6.07, 6.45) is 5.77. The Morgan fingerprint density at radius 1 is 1.27 bits per heavy atom. The molecule has 0 bridgehead atoms. The molecule has 1 aliphatic rings. The van der Waals surface area contributed by atoms with Crippen LogP contribution in [0.15, 0.2) is 28.8 Å². The Bertz CT molecular complexity index is 648. The minimum absolute atomic E-state index is 0.0735. The lowest BCUT2D eigenvalue weighted by Crippen LogP contribution is -2.37. The maximum absolute atomic E-state index is 12.0. The molecule has 3 rings (SSSR count). The van der Waals surface area contributed by atoms with Crippen LogP contribution in [0.4, 0.5) is 0 Å². The number of nitrogens with zero attached hydrogens (tertiary/aromatic N) is 2. The van der Waals surface area contributed by atoms with Crippen molar-refractivity contribution < 1.29 is 14.4 Å². The molecular formula is C16H19N3O3. The highest BCUT2D eigenvalue weighted by molar-refractivity contribution is 5.78. The van der Waals surface area contributed by atoms with Gasteiger partial charge in [0, 0.05) is 6.04 Å². The Labute approximate surface area is 128 Å². The quantitative estimate of drug-likeness (QED) is 0.905. The van der Waals surface area contributed by atoms with Crippen molar-refractivity contribution in [2.24, 2.45) is 0 Å². The zero-order chi connectivity index (χ0) is 15.4. The fourth-order valence-electron chi connectivity index (χ4n) is 2.76. The maximum atomic E-state index is 12.0. The van der Waals surface area contributed by atoms with Crippen molar-refractivity contribution in [3.63, 3.8) is 0 Å². The number of rotatable bonds is 4. The molecule has 0 unspecified atom stereocenters.